The highest BCUT2D eigenvalue weighted by atomic mass is 32.2. The van der Waals surface area contributed by atoms with Crippen molar-refractivity contribution in [3.05, 3.63) is 22.7 Å². The van der Waals surface area contributed by atoms with Crippen LogP contribution in [0.4, 0.5) is 35.4 Å². The van der Waals surface area contributed by atoms with Crippen molar-refractivity contribution >= 4 is 49.5 Å². The molecule has 1 N–H and O–H groups in total. The van der Waals surface area contributed by atoms with Gasteiger partial charge in [0.1, 0.15) is 5.69 Å². The van der Waals surface area contributed by atoms with Crippen LogP contribution < -0.4 is 9.62 Å². The zero-order valence-electron chi connectivity index (χ0n) is 18.8. The highest BCUT2D eigenvalue weighted by Gasteiger charge is 2.46. The molecule has 1 unspecified atom stereocenters. The summed E-state index contributed by atoms with van der Waals surface area (Å²) in [6.45, 7) is 5.89. The Hall–Kier alpha value is -2.81. The van der Waals surface area contributed by atoms with Gasteiger partial charge in [0.15, 0.2) is 0 Å². The molecule has 1 aliphatic heterocycles. The van der Waals surface area contributed by atoms with Crippen LogP contribution in [-0.2, 0) is 21.2 Å². The third-order valence-electron chi connectivity index (χ3n) is 5.00. The zero-order valence-corrected chi connectivity index (χ0v) is 20.4. The van der Waals surface area contributed by atoms with Crippen molar-refractivity contribution in [3.63, 3.8) is 0 Å². The van der Waals surface area contributed by atoms with E-state index in [4.69, 9.17) is 4.74 Å². The molecule has 15 heteroatoms. The Balaban J connectivity index is 1.94. The van der Waals surface area contributed by atoms with E-state index in [2.05, 4.69) is 20.4 Å². The van der Waals surface area contributed by atoms with Crippen molar-refractivity contribution < 1.29 is 31.1 Å². The quantitative estimate of drug-likeness (QED) is 0.410. The molecule has 0 fully saturated rings. The lowest BCUT2D eigenvalue weighted by Crippen LogP contribution is -2.34. The number of halogens is 3. The van der Waals surface area contributed by atoms with E-state index in [1.807, 2.05) is 25.7 Å². The fourth-order valence-corrected chi connectivity index (χ4v) is 4.18. The van der Waals surface area contributed by atoms with E-state index < -0.39 is 21.5 Å². The molecule has 0 saturated carbocycles. The Bertz CT molecular complexity index is 1200. The lowest BCUT2D eigenvalue weighted by Gasteiger charge is -2.34. The highest BCUT2D eigenvalue weighted by Crippen LogP contribution is 2.40. The van der Waals surface area contributed by atoms with Crippen molar-refractivity contribution in [2.24, 2.45) is 16.1 Å². The summed E-state index contributed by atoms with van der Waals surface area (Å²) in [5, 5.41) is 15.0. The van der Waals surface area contributed by atoms with Crippen LogP contribution >= 0.6 is 11.3 Å². The maximum atomic E-state index is 13.0. The van der Waals surface area contributed by atoms with Gasteiger partial charge in [0.25, 0.3) is 5.13 Å². The first-order valence-corrected chi connectivity index (χ1v) is 12.5. The Morgan fingerprint density at radius 1 is 1.32 bits per heavy atom. The molecule has 2 heterocycles. The molecule has 1 aromatic carbocycles. The van der Waals surface area contributed by atoms with Crippen molar-refractivity contribution in [2.75, 3.05) is 23.3 Å². The molecule has 0 amide bonds. The first-order chi connectivity index (χ1) is 15.8. The number of nitrogens with zero attached hydrogens (tertiary/aromatic N) is 5. The fourth-order valence-electron chi connectivity index (χ4n) is 3.05. The van der Waals surface area contributed by atoms with Gasteiger partial charge in [0, 0.05) is 18.8 Å². The molecule has 1 aliphatic rings. The summed E-state index contributed by atoms with van der Waals surface area (Å²) < 4.78 is 69.1. The van der Waals surface area contributed by atoms with Crippen LogP contribution in [-0.4, -0.2) is 49.8 Å². The molecule has 2 aromatic rings. The smallest absolute Gasteiger partial charge is 0.460 e. The normalized spacial score (nSPS) is 16.7. The number of benzene rings is 1. The van der Waals surface area contributed by atoms with Gasteiger partial charge in [-0.15, -0.1) is 20.4 Å². The second-order valence-corrected chi connectivity index (χ2v) is 10.8. The van der Waals surface area contributed by atoms with E-state index in [9.17, 15) is 26.4 Å². The number of nitrogens with one attached hydrogen (secondary N) is 1. The van der Waals surface area contributed by atoms with Crippen molar-refractivity contribution in [3.8, 4) is 0 Å². The summed E-state index contributed by atoms with van der Waals surface area (Å²) >= 11 is 0.781. The molecule has 10 nitrogen and oxygen atoms in total. The largest absolute Gasteiger partial charge is 0.516 e. The topological polar surface area (TPSA) is 126 Å². The number of rotatable bonds is 7. The molecular weight excluding hydrogens is 497 g/mol. The maximum absolute atomic E-state index is 13.0. The van der Waals surface area contributed by atoms with E-state index in [1.54, 1.807) is 11.8 Å². The van der Waals surface area contributed by atoms with Crippen molar-refractivity contribution in [1.29, 1.82) is 0 Å². The van der Waals surface area contributed by atoms with Gasteiger partial charge in [0.2, 0.25) is 5.01 Å². The van der Waals surface area contributed by atoms with E-state index in [0.29, 0.717) is 12.1 Å². The minimum Gasteiger partial charge on any atom is -0.460 e. The number of azo groups is 1. The highest BCUT2D eigenvalue weighted by molar-refractivity contribution is 7.93. The predicted molar refractivity (Wildman–Crippen MR) is 120 cm³/mol. The Morgan fingerprint density at radius 3 is 2.68 bits per heavy atom. The monoisotopic (exact) mass is 520 g/mol. The number of anilines is 2. The second-order valence-electron chi connectivity index (χ2n) is 8.13. The van der Waals surface area contributed by atoms with Gasteiger partial charge in [0.05, 0.1) is 12.3 Å². The van der Waals surface area contributed by atoms with Gasteiger partial charge >= 0.3 is 21.5 Å². The number of hydrogen-bond acceptors (Lipinski definition) is 10. The van der Waals surface area contributed by atoms with Gasteiger partial charge in [-0.1, -0.05) is 25.2 Å². The molecule has 1 aromatic heterocycles. The van der Waals surface area contributed by atoms with Crippen LogP contribution in [0, 0.1) is 5.92 Å². The number of aryl methyl sites for hydroxylation is 1. The van der Waals surface area contributed by atoms with Crippen LogP contribution in [0.1, 0.15) is 42.6 Å². The van der Waals surface area contributed by atoms with Gasteiger partial charge in [-0.3, -0.25) is 4.72 Å². The average molecular weight is 521 g/mol. The number of alkyl halides is 3. The first-order valence-electron chi connectivity index (χ1n) is 10.2. The Labute approximate surface area is 198 Å². The minimum atomic E-state index is -5.69. The van der Waals surface area contributed by atoms with Crippen LogP contribution in [0.15, 0.2) is 22.4 Å². The van der Waals surface area contributed by atoms with E-state index >= 15 is 0 Å². The molecule has 34 heavy (non-hydrogen) atoms. The fraction of sp³-hybridized carbons (Fsp3) is 0.526. The molecule has 0 bridgehead atoms. The number of carbonyl (C=O) groups is 1. The lowest BCUT2D eigenvalue weighted by atomic mass is 9.96. The van der Waals surface area contributed by atoms with Crippen LogP contribution in [0.3, 0.4) is 0 Å². The Morgan fingerprint density at radius 2 is 2.03 bits per heavy atom. The van der Waals surface area contributed by atoms with E-state index in [0.717, 1.165) is 23.3 Å². The number of esters is 1. The summed E-state index contributed by atoms with van der Waals surface area (Å²) in [6, 6.07) is 2.90. The molecule has 0 aliphatic carbocycles. The van der Waals surface area contributed by atoms with Gasteiger partial charge in [-0.2, -0.15) is 21.6 Å². The number of carbonyl (C=O) groups excluding carboxylic acids is 1. The third kappa shape index (κ3) is 5.81. The molecule has 3 rings (SSSR count). The first kappa shape index (κ1) is 25.8. The van der Waals surface area contributed by atoms with E-state index in [-0.39, 0.29) is 40.1 Å². The van der Waals surface area contributed by atoms with Crippen LogP contribution in [0.25, 0.3) is 0 Å². The molecule has 0 radical (unpaired) electrons. The van der Waals surface area contributed by atoms with Crippen molar-refractivity contribution in [2.45, 2.75) is 45.2 Å². The summed E-state index contributed by atoms with van der Waals surface area (Å²) in [6.07, 6.45) is 1.42. The predicted octanol–water partition coefficient (Wildman–Crippen LogP) is 4.80. The number of hydrogen-bond donors (Lipinski definition) is 1. The lowest BCUT2D eigenvalue weighted by molar-refractivity contribution is -0.0429. The van der Waals surface area contributed by atoms with Gasteiger partial charge < -0.3 is 9.64 Å². The third-order valence-corrected chi connectivity index (χ3v) is 6.88. The minimum absolute atomic E-state index is 0.0513. The SMILES string of the molecule is CC(C)COC(=O)c1nnc(N=Nc2cc3c(cc2NS(=O)(=O)C(F)(F)F)N(C)C(C)CC3)s1. The number of ether oxygens (including phenoxy) is 1. The van der Waals surface area contributed by atoms with Crippen LogP contribution in [0.5, 0.6) is 0 Å². The number of sulfonamides is 1. The van der Waals surface area contributed by atoms with Crippen LogP contribution in [0.2, 0.25) is 0 Å². The van der Waals surface area contributed by atoms with Crippen molar-refractivity contribution in [1.82, 2.24) is 10.2 Å². The van der Waals surface area contributed by atoms with Gasteiger partial charge in [-0.25, -0.2) is 4.79 Å². The summed E-state index contributed by atoms with van der Waals surface area (Å²) in [5.74, 6) is -0.557. The van der Waals surface area contributed by atoms with Gasteiger partial charge in [-0.05, 0) is 43.4 Å². The summed E-state index contributed by atoms with van der Waals surface area (Å²) in [4.78, 5) is 13.8. The summed E-state index contributed by atoms with van der Waals surface area (Å²) in [5.41, 5.74) is -4.67. The molecular formula is C19H23F3N6O4S2. The number of aromatic nitrogens is 2. The molecule has 186 valence electrons. The number of fused-ring (bicyclic) bond motifs is 1. The van der Waals surface area contributed by atoms with E-state index in [1.165, 1.54) is 12.1 Å². The average Bonchev–Trinajstić information content (AvgIpc) is 3.22. The molecule has 1 atom stereocenters. The molecule has 0 saturated heterocycles. The standard InChI is InChI=1S/C19H23F3N6O4S2/c1-10(2)9-32-17(29)16-24-26-18(33-16)25-23-13-7-12-6-5-11(3)28(4)15(12)8-14(13)27-34(30,31)19(20,21)22/h7-8,10-11,27H,5-6,9H2,1-4H3. The maximum Gasteiger partial charge on any atom is 0.516 e. The summed E-state index contributed by atoms with van der Waals surface area (Å²) in [7, 11) is -3.92. The zero-order chi connectivity index (χ0) is 25.3. The Kier molecular flexibility index (Phi) is 7.45. The second kappa shape index (κ2) is 9.82. The molecule has 0 spiro atoms.